The lowest BCUT2D eigenvalue weighted by atomic mass is 9.92. The van der Waals surface area contributed by atoms with Crippen LogP contribution in [0.5, 0.6) is 0 Å². The highest BCUT2D eigenvalue weighted by atomic mass is 35.5. The van der Waals surface area contributed by atoms with E-state index < -0.39 is 30.6 Å². The molecule has 8 heteroatoms. The normalized spacial score (nSPS) is 29.9. The third-order valence-corrected chi connectivity index (χ3v) is 5.87. The summed E-state index contributed by atoms with van der Waals surface area (Å²) in [7, 11) is 0. The highest BCUT2D eigenvalue weighted by Gasteiger charge is 2.49. The molecule has 2 aliphatic rings. The number of aromatic nitrogens is 3. The van der Waals surface area contributed by atoms with Crippen LogP contribution in [-0.2, 0) is 15.9 Å². The number of aryl methyl sites for hydroxylation is 1. The minimum absolute atomic E-state index is 0.478. The molecule has 5 atom stereocenters. The highest BCUT2D eigenvalue weighted by Crippen LogP contribution is 2.41. The molecule has 146 valence electrons. The van der Waals surface area contributed by atoms with E-state index in [9.17, 15) is 10.2 Å². The Morgan fingerprint density at radius 2 is 2.04 bits per heavy atom. The van der Waals surface area contributed by atoms with E-state index in [0.29, 0.717) is 17.3 Å². The van der Waals surface area contributed by atoms with Crippen LogP contribution >= 0.6 is 11.6 Å². The van der Waals surface area contributed by atoms with Crippen molar-refractivity contribution in [3.63, 3.8) is 0 Å². The van der Waals surface area contributed by atoms with Crippen LogP contribution < -0.4 is 0 Å². The van der Waals surface area contributed by atoms with Crippen molar-refractivity contribution in [1.82, 2.24) is 14.5 Å². The Bertz CT molecular complexity index is 1040. The fourth-order valence-corrected chi connectivity index (χ4v) is 4.39. The van der Waals surface area contributed by atoms with E-state index in [1.807, 2.05) is 25.1 Å². The Kier molecular flexibility index (Phi) is 4.37. The first-order chi connectivity index (χ1) is 13.5. The zero-order chi connectivity index (χ0) is 19.4. The van der Waals surface area contributed by atoms with Crippen LogP contribution in [0.4, 0.5) is 0 Å². The van der Waals surface area contributed by atoms with Gasteiger partial charge in [-0.25, -0.2) is 9.97 Å². The average Bonchev–Trinajstić information content (AvgIpc) is 3.24. The predicted octanol–water partition coefficient (Wildman–Crippen LogP) is 2.33. The van der Waals surface area contributed by atoms with Crippen LogP contribution in [0.3, 0.4) is 0 Å². The molecule has 1 fully saturated rings. The zero-order valence-corrected chi connectivity index (χ0v) is 16.0. The standard InChI is InChI=1S/C20H20ClN3O4/c1-10-13-4-6-24(19(13)23-9-22-10)20-16(26)15(25)18(28-20)17-14-3-2-12(21)8-11(14)5-7-27-17/h2-4,6,8-9,15-18,20,25-26H,5,7H2,1H3/t15-,16+,17+,18-,20?/m0/s1. The first-order valence-corrected chi connectivity index (χ1v) is 9.62. The van der Waals surface area contributed by atoms with Crippen LogP contribution in [0.1, 0.15) is 29.2 Å². The molecule has 2 aliphatic heterocycles. The van der Waals surface area contributed by atoms with E-state index in [4.69, 9.17) is 21.1 Å². The predicted molar refractivity (Wildman–Crippen MR) is 102 cm³/mol. The molecule has 0 saturated carbocycles. The van der Waals surface area contributed by atoms with Crippen molar-refractivity contribution < 1.29 is 19.7 Å². The van der Waals surface area contributed by atoms with Crippen molar-refractivity contribution >= 4 is 22.6 Å². The van der Waals surface area contributed by atoms with Crippen molar-refractivity contribution in [2.24, 2.45) is 0 Å². The fraction of sp³-hybridized carbons (Fsp3) is 0.400. The summed E-state index contributed by atoms with van der Waals surface area (Å²) >= 11 is 6.12. The van der Waals surface area contributed by atoms with Crippen molar-refractivity contribution in [3.8, 4) is 0 Å². The van der Waals surface area contributed by atoms with Crippen molar-refractivity contribution in [2.45, 2.75) is 44.0 Å². The Morgan fingerprint density at radius 3 is 2.89 bits per heavy atom. The van der Waals surface area contributed by atoms with Gasteiger partial charge in [-0.15, -0.1) is 0 Å². The fourth-order valence-electron chi connectivity index (χ4n) is 4.19. The first kappa shape index (κ1) is 18.0. The highest BCUT2D eigenvalue weighted by molar-refractivity contribution is 6.30. The van der Waals surface area contributed by atoms with Gasteiger partial charge in [-0.05, 0) is 42.7 Å². The van der Waals surface area contributed by atoms with Crippen molar-refractivity contribution in [3.05, 3.63) is 58.6 Å². The summed E-state index contributed by atoms with van der Waals surface area (Å²) in [5, 5.41) is 23.0. The summed E-state index contributed by atoms with van der Waals surface area (Å²) in [5.41, 5.74) is 3.51. The largest absolute Gasteiger partial charge is 0.387 e. The summed E-state index contributed by atoms with van der Waals surface area (Å²) in [4.78, 5) is 8.52. The maximum absolute atomic E-state index is 10.8. The summed E-state index contributed by atoms with van der Waals surface area (Å²) in [6.07, 6.45) is -0.144. The molecule has 0 aliphatic carbocycles. The number of ether oxygens (including phenoxy) is 2. The number of halogens is 1. The SMILES string of the molecule is Cc1ncnc2c1ccn2C1O[C@H]([C@@H]2OCCc3cc(Cl)ccc32)[C@@H](O)[C@H]1O. The number of hydrogen-bond donors (Lipinski definition) is 2. The van der Waals surface area contributed by atoms with Crippen LogP contribution in [0.2, 0.25) is 5.02 Å². The molecular weight excluding hydrogens is 382 g/mol. The molecule has 2 aromatic heterocycles. The molecule has 4 heterocycles. The molecule has 0 radical (unpaired) electrons. The van der Waals surface area contributed by atoms with Gasteiger partial charge in [0.05, 0.1) is 12.3 Å². The van der Waals surface area contributed by atoms with E-state index in [0.717, 1.165) is 28.6 Å². The second-order valence-corrected chi connectivity index (χ2v) is 7.71. The van der Waals surface area contributed by atoms with E-state index >= 15 is 0 Å². The smallest absolute Gasteiger partial charge is 0.164 e. The lowest BCUT2D eigenvalue weighted by Gasteiger charge is -2.31. The molecule has 5 rings (SSSR count). The Hall–Kier alpha value is -2.03. The minimum atomic E-state index is -1.11. The van der Waals surface area contributed by atoms with Gasteiger partial charge in [0, 0.05) is 16.6 Å². The van der Waals surface area contributed by atoms with Crippen molar-refractivity contribution in [2.75, 3.05) is 6.61 Å². The maximum atomic E-state index is 10.8. The molecule has 1 aromatic carbocycles. The second kappa shape index (κ2) is 6.79. The molecule has 7 nitrogen and oxygen atoms in total. The average molecular weight is 402 g/mol. The molecule has 0 amide bonds. The minimum Gasteiger partial charge on any atom is -0.387 e. The number of nitrogens with zero attached hydrogens (tertiary/aromatic N) is 3. The molecule has 28 heavy (non-hydrogen) atoms. The van der Waals surface area contributed by atoms with Gasteiger partial charge in [-0.1, -0.05) is 17.7 Å². The summed E-state index contributed by atoms with van der Waals surface area (Å²) in [5.74, 6) is 0. The van der Waals surface area contributed by atoms with E-state index in [1.165, 1.54) is 6.33 Å². The van der Waals surface area contributed by atoms with Gasteiger partial charge in [-0.2, -0.15) is 0 Å². The number of aliphatic hydroxyl groups excluding tert-OH is 2. The number of benzene rings is 1. The van der Waals surface area contributed by atoms with Crippen LogP contribution in [0.15, 0.2) is 36.8 Å². The van der Waals surface area contributed by atoms with Gasteiger partial charge in [0.1, 0.15) is 36.4 Å². The quantitative estimate of drug-likeness (QED) is 0.685. The van der Waals surface area contributed by atoms with Crippen LogP contribution in [-0.4, -0.2) is 49.7 Å². The first-order valence-electron chi connectivity index (χ1n) is 9.24. The summed E-state index contributed by atoms with van der Waals surface area (Å²) < 4.78 is 13.8. The van der Waals surface area contributed by atoms with Gasteiger partial charge in [0.15, 0.2) is 6.23 Å². The Morgan fingerprint density at radius 1 is 1.18 bits per heavy atom. The molecule has 0 bridgehead atoms. The molecule has 3 aromatic rings. The number of rotatable bonds is 2. The van der Waals surface area contributed by atoms with Gasteiger partial charge in [-0.3, -0.25) is 0 Å². The monoisotopic (exact) mass is 401 g/mol. The van der Waals surface area contributed by atoms with Gasteiger partial charge >= 0.3 is 0 Å². The third kappa shape index (κ3) is 2.74. The lowest BCUT2D eigenvalue weighted by Crippen LogP contribution is -2.37. The molecular formula is C20H20ClN3O4. The Balaban J connectivity index is 1.50. The molecule has 1 unspecified atom stereocenters. The van der Waals surface area contributed by atoms with E-state index in [1.54, 1.807) is 16.8 Å². The summed E-state index contributed by atoms with van der Waals surface area (Å²) in [6.45, 7) is 2.40. The second-order valence-electron chi connectivity index (χ2n) is 7.28. The van der Waals surface area contributed by atoms with Crippen molar-refractivity contribution in [1.29, 1.82) is 0 Å². The van der Waals surface area contributed by atoms with E-state index in [-0.39, 0.29) is 0 Å². The van der Waals surface area contributed by atoms with Crippen LogP contribution in [0, 0.1) is 6.92 Å². The van der Waals surface area contributed by atoms with Crippen LogP contribution in [0.25, 0.3) is 11.0 Å². The zero-order valence-electron chi connectivity index (χ0n) is 15.2. The Labute approximate surface area is 166 Å². The third-order valence-electron chi connectivity index (χ3n) is 5.64. The number of hydrogen-bond acceptors (Lipinski definition) is 6. The summed E-state index contributed by atoms with van der Waals surface area (Å²) in [6, 6.07) is 7.51. The van der Waals surface area contributed by atoms with Gasteiger partial charge < -0.3 is 24.3 Å². The van der Waals surface area contributed by atoms with Gasteiger partial charge in [0.25, 0.3) is 0 Å². The number of aliphatic hydroxyl groups is 2. The van der Waals surface area contributed by atoms with Gasteiger partial charge in [0.2, 0.25) is 0 Å². The van der Waals surface area contributed by atoms with E-state index in [2.05, 4.69) is 9.97 Å². The molecule has 2 N–H and O–H groups in total. The topological polar surface area (TPSA) is 89.6 Å². The number of fused-ring (bicyclic) bond motifs is 2. The molecule has 1 saturated heterocycles. The lowest BCUT2D eigenvalue weighted by molar-refractivity contribution is -0.113. The molecule has 0 spiro atoms. The maximum Gasteiger partial charge on any atom is 0.164 e.